The first kappa shape index (κ1) is 20.1. The third-order valence-corrected chi connectivity index (χ3v) is 5.27. The van der Waals surface area contributed by atoms with Crippen LogP contribution in [0.15, 0.2) is 28.7 Å². The van der Waals surface area contributed by atoms with Crippen LogP contribution in [0, 0.1) is 5.92 Å². The Morgan fingerprint density at radius 1 is 1.11 bits per heavy atom. The monoisotopic (exact) mass is 388 g/mol. The molecule has 152 valence electrons. The second-order valence-electron chi connectivity index (χ2n) is 7.24. The van der Waals surface area contributed by atoms with Crippen molar-refractivity contribution in [2.45, 2.75) is 59.4 Å². The van der Waals surface area contributed by atoms with Gasteiger partial charge in [-0.2, -0.15) is 0 Å². The Bertz CT molecular complexity index is 780. The van der Waals surface area contributed by atoms with Crippen LogP contribution in [0.25, 0.3) is 0 Å². The van der Waals surface area contributed by atoms with Crippen LogP contribution < -0.4 is 5.32 Å². The fraction of sp³-hybridized carbons (Fsp3) is 0.600. The fourth-order valence-corrected chi connectivity index (χ4v) is 3.72. The summed E-state index contributed by atoms with van der Waals surface area (Å²) in [4.78, 5) is 25.4. The highest BCUT2D eigenvalue weighted by Crippen LogP contribution is 2.38. The highest BCUT2D eigenvalue weighted by atomic mass is 16.5. The number of aromatic nitrogens is 3. The number of hydrogen-bond donors (Lipinski definition) is 1. The Balaban J connectivity index is 2.01. The number of esters is 2. The van der Waals surface area contributed by atoms with Crippen LogP contribution in [0.2, 0.25) is 0 Å². The molecule has 1 saturated carbocycles. The summed E-state index contributed by atoms with van der Waals surface area (Å²) in [7, 11) is 0. The van der Waals surface area contributed by atoms with Gasteiger partial charge in [0.2, 0.25) is 0 Å². The molecule has 1 aliphatic heterocycles. The molecule has 28 heavy (non-hydrogen) atoms. The number of ether oxygens (including phenoxy) is 2. The molecule has 3 rings (SSSR count). The van der Waals surface area contributed by atoms with Crippen molar-refractivity contribution in [1.82, 2.24) is 20.3 Å². The molecule has 0 saturated heterocycles. The number of carbonyl (C=O) groups is 2. The van der Waals surface area contributed by atoms with E-state index in [9.17, 15) is 9.59 Å². The lowest BCUT2D eigenvalue weighted by atomic mass is 9.83. The smallest absolute Gasteiger partial charge is 0.336 e. The van der Waals surface area contributed by atoms with Crippen molar-refractivity contribution < 1.29 is 19.1 Å². The third kappa shape index (κ3) is 3.95. The van der Waals surface area contributed by atoms with Crippen LogP contribution in [0.1, 0.15) is 58.6 Å². The van der Waals surface area contributed by atoms with Crippen molar-refractivity contribution in [1.29, 1.82) is 0 Å². The quantitative estimate of drug-likeness (QED) is 0.717. The molecule has 1 aromatic rings. The molecule has 1 aliphatic carbocycles. The molecule has 0 spiro atoms. The molecule has 0 bridgehead atoms. The fourth-order valence-electron chi connectivity index (χ4n) is 3.72. The first-order valence-electron chi connectivity index (χ1n) is 9.89. The van der Waals surface area contributed by atoms with Gasteiger partial charge >= 0.3 is 11.9 Å². The van der Waals surface area contributed by atoms with Crippen molar-refractivity contribution in [3.8, 4) is 0 Å². The van der Waals surface area contributed by atoms with Gasteiger partial charge in [0.05, 0.1) is 36.0 Å². The zero-order chi connectivity index (χ0) is 20.3. The molecule has 2 heterocycles. The van der Waals surface area contributed by atoms with E-state index in [0.717, 1.165) is 6.54 Å². The summed E-state index contributed by atoms with van der Waals surface area (Å²) in [5.74, 6) is -0.999. The zero-order valence-corrected chi connectivity index (χ0v) is 16.9. The summed E-state index contributed by atoms with van der Waals surface area (Å²) >= 11 is 0. The standard InChI is InChI=1S/C20H28N4O4/c1-5-27-19(25)16-12(3)21-13(4)17(20(26)28-6-2)18(16)15-11-24(23-22-15)10-14-8-7-9-14/h11,14,18,21H,5-10H2,1-4H3. The molecule has 0 radical (unpaired) electrons. The zero-order valence-electron chi connectivity index (χ0n) is 16.9. The Morgan fingerprint density at radius 2 is 1.68 bits per heavy atom. The molecule has 8 nitrogen and oxygen atoms in total. The lowest BCUT2D eigenvalue weighted by molar-refractivity contribution is -0.139. The average molecular weight is 388 g/mol. The highest BCUT2D eigenvalue weighted by molar-refractivity contribution is 5.99. The molecular formula is C20H28N4O4. The van der Waals surface area contributed by atoms with Crippen LogP contribution in [-0.2, 0) is 25.6 Å². The Morgan fingerprint density at radius 3 is 2.14 bits per heavy atom. The molecule has 0 atom stereocenters. The van der Waals surface area contributed by atoms with E-state index in [1.165, 1.54) is 19.3 Å². The maximum absolute atomic E-state index is 12.7. The predicted molar refractivity (Wildman–Crippen MR) is 102 cm³/mol. The van der Waals surface area contributed by atoms with E-state index in [-0.39, 0.29) is 13.2 Å². The summed E-state index contributed by atoms with van der Waals surface area (Å²) in [5, 5.41) is 11.7. The SMILES string of the molecule is CCOC(=O)C1=C(C)NC(C)=C(C(=O)OCC)C1c1cn(CC2CCC2)nn1. The van der Waals surface area contributed by atoms with Crippen molar-refractivity contribution >= 4 is 11.9 Å². The number of rotatable bonds is 7. The van der Waals surface area contributed by atoms with E-state index in [4.69, 9.17) is 9.47 Å². The summed E-state index contributed by atoms with van der Waals surface area (Å²) < 4.78 is 12.3. The minimum absolute atomic E-state index is 0.244. The molecule has 1 fully saturated rings. The van der Waals surface area contributed by atoms with Crippen LogP contribution in [0.4, 0.5) is 0 Å². The van der Waals surface area contributed by atoms with Crippen LogP contribution >= 0.6 is 0 Å². The summed E-state index contributed by atoms with van der Waals surface area (Å²) in [5.41, 5.74) is 2.56. The van der Waals surface area contributed by atoms with Crippen molar-refractivity contribution in [2.24, 2.45) is 5.92 Å². The van der Waals surface area contributed by atoms with Crippen LogP contribution in [0.3, 0.4) is 0 Å². The normalized spacial score (nSPS) is 18.0. The van der Waals surface area contributed by atoms with Gasteiger partial charge in [0.1, 0.15) is 0 Å². The first-order valence-corrected chi connectivity index (χ1v) is 9.89. The molecule has 8 heteroatoms. The predicted octanol–water partition coefficient (Wildman–Crippen LogP) is 2.44. The lowest BCUT2D eigenvalue weighted by Crippen LogP contribution is -2.32. The van der Waals surface area contributed by atoms with Gasteiger partial charge in [0.25, 0.3) is 0 Å². The molecule has 1 N–H and O–H groups in total. The number of carbonyl (C=O) groups excluding carboxylic acids is 2. The number of hydrogen-bond acceptors (Lipinski definition) is 7. The number of allylic oxidation sites excluding steroid dienone is 2. The van der Waals surface area contributed by atoms with Gasteiger partial charge in [-0.1, -0.05) is 11.6 Å². The molecule has 0 unspecified atom stereocenters. The number of nitrogens with one attached hydrogen (secondary N) is 1. The van der Waals surface area contributed by atoms with Crippen molar-refractivity contribution in [3.05, 3.63) is 34.4 Å². The largest absolute Gasteiger partial charge is 0.463 e. The molecule has 0 amide bonds. The Labute approximate surface area is 165 Å². The van der Waals surface area contributed by atoms with Crippen molar-refractivity contribution in [3.63, 3.8) is 0 Å². The van der Waals surface area contributed by atoms with Crippen LogP contribution in [0.5, 0.6) is 0 Å². The Hall–Kier alpha value is -2.64. The van der Waals surface area contributed by atoms with Gasteiger partial charge in [-0.05, 0) is 46.5 Å². The van der Waals surface area contributed by atoms with Gasteiger partial charge in [-0.15, -0.1) is 5.10 Å². The van der Waals surface area contributed by atoms with Crippen LogP contribution in [-0.4, -0.2) is 40.1 Å². The minimum atomic E-state index is -0.672. The van der Waals surface area contributed by atoms with Gasteiger partial charge in [-0.25, -0.2) is 9.59 Å². The molecule has 0 aromatic carbocycles. The minimum Gasteiger partial charge on any atom is -0.463 e. The lowest BCUT2D eigenvalue weighted by Gasteiger charge is -2.29. The number of dihydropyridines is 1. The Kier molecular flexibility index (Phi) is 6.16. The summed E-state index contributed by atoms with van der Waals surface area (Å²) in [6.07, 6.45) is 5.48. The van der Waals surface area contributed by atoms with E-state index in [1.54, 1.807) is 32.4 Å². The van der Waals surface area contributed by atoms with E-state index < -0.39 is 17.9 Å². The highest BCUT2D eigenvalue weighted by Gasteiger charge is 2.39. The maximum atomic E-state index is 12.7. The first-order chi connectivity index (χ1) is 13.5. The van der Waals surface area contributed by atoms with Gasteiger partial charge in [-0.3, -0.25) is 4.68 Å². The van der Waals surface area contributed by atoms with E-state index in [0.29, 0.717) is 34.2 Å². The summed E-state index contributed by atoms with van der Waals surface area (Å²) in [6.45, 7) is 8.38. The third-order valence-electron chi connectivity index (χ3n) is 5.27. The van der Waals surface area contributed by atoms with E-state index in [1.807, 2.05) is 6.20 Å². The van der Waals surface area contributed by atoms with Gasteiger partial charge in [0, 0.05) is 24.1 Å². The van der Waals surface area contributed by atoms with E-state index in [2.05, 4.69) is 15.6 Å². The second kappa shape index (κ2) is 8.58. The van der Waals surface area contributed by atoms with E-state index >= 15 is 0 Å². The number of nitrogens with zero attached hydrogens (tertiary/aromatic N) is 3. The molecule has 1 aromatic heterocycles. The summed E-state index contributed by atoms with van der Waals surface area (Å²) in [6, 6.07) is 0. The average Bonchev–Trinajstić information content (AvgIpc) is 3.06. The van der Waals surface area contributed by atoms with Gasteiger partial charge < -0.3 is 14.8 Å². The van der Waals surface area contributed by atoms with Gasteiger partial charge in [0.15, 0.2) is 0 Å². The van der Waals surface area contributed by atoms with Crippen molar-refractivity contribution in [2.75, 3.05) is 13.2 Å². The topological polar surface area (TPSA) is 95.3 Å². The molecule has 2 aliphatic rings. The molecular weight excluding hydrogens is 360 g/mol. The second-order valence-corrected chi connectivity index (χ2v) is 7.24. The maximum Gasteiger partial charge on any atom is 0.336 e.